The van der Waals surface area contributed by atoms with Crippen molar-refractivity contribution in [2.24, 2.45) is 0 Å². The number of halogens is 1. The number of ether oxygens (including phenoxy) is 1. The van der Waals surface area contributed by atoms with Gasteiger partial charge in [0, 0.05) is 23.7 Å². The number of amides is 2. The molecule has 0 radical (unpaired) electrons. The molecular weight excluding hydrogens is 430 g/mol. The fourth-order valence-electron chi connectivity index (χ4n) is 4.20. The molecule has 3 N–H and O–H groups in total. The van der Waals surface area contributed by atoms with E-state index in [1.54, 1.807) is 0 Å². The molecule has 1 fully saturated rings. The van der Waals surface area contributed by atoms with E-state index in [-0.39, 0.29) is 28.6 Å². The quantitative estimate of drug-likeness (QED) is 0.508. The average Bonchev–Trinajstić information content (AvgIpc) is 2.51. The van der Waals surface area contributed by atoms with Gasteiger partial charge in [-0.3, -0.25) is 0 Å². The lowest BCUT2D eigenvalue weighted by atomic mass is 9.80. The van der Waals surface area contributed by atoms with Crippen LogP contribution in [-0.4, -0.2) is 36.3 Å². The van der Waals surface area contributed by atoms with Crippen molar-refractivity contribution >= 4 is 22.0 Å². The van der Waals surface area contributed by atoms with E-state index in [2.05, 4.69) is 92.5 Å². The van der Waals surface area contributed by atoms with Crippen molar-refractivity contribution in [2.45, 2.75) is 90.3 Å². The predicted molar refractivity (Wildman–Crippen MR) is 124 cm³/mol. The third kappa shape index (κ3) is 7.82. The van der Waals surface area contributed by atoms with Crippen LogP contribution >= 0.6 is 15.9 Å². The van der Waals surface area contributed by atoms with E-state index in [1.165, 1.54) is 5.56 Å². The zero-order valence-electron chi connectivity index (χ0n) is 19.0. The van der Waals surface area contributed by atoms with E-state index in [9.17, 15) is 4.79 Å². The van der Waals surface area contributed by atoms with Gasteiger partial charge >= 0.3 is 6.03 Å². The van der Waals surface area contributed by atoms with Gasteiger partial charge in [-0.2, -0.15) is 0 Å². The molecule has 164 valence electrons. The molecule has 1 saturated heterocycles. The van der Waals surface area contributed by atoms with Crippen molar-refractivity contribution in [3.8, 4) is 5.75 Å². The summed E-state index contributed by atoms with van der Waals surface area (Å²) in [5.74, 6) is 0.835. The van der Waals surface area contributed by atoms with Crippen LogP contribution in [0.3, 0.4) is 0 Å². The van der Waals surface area contributed by atoms with Gasteiger partial charge in [-0.1, -0.05) is 26.8 Å². The number of hydrogen-bond acceptors (Lipinski definition) is 3. The van der Waals surface area contributed by atoms with Crippen LogP contribution in [0.4, 0.5) is 4.79 Å². The summed E-state index contributed by atoms with van der Waals surface area (Å²) in [5, 5.41) is 9.72. The SMILES string of the molecule is CC1(C)CC(NC(=O)NCCCOc2ccc(C(C)(C)C)cc2Br)CC(C)(C)N1. The van der Waals surface area contributed by atoms with Gasteiger partial charge in [0.2, 0.25) is 0 Å². The summed E-state index contributed by atoms with van der Waals surface area (Å²) in [5.41, 5.74) is 1.41. The Morgan fingerprint density at radius 2 is 1.83 bits per heavy atom. The molecule has 2 rings (SSSR count). The molecule has 0 spiro atoms. The van der Waals surface area contributed by atoms with Crippen molar-refractivity contribution in [1.82, 2.24) is 16.0 Å². The lowest BCUT2D eigenvalue weighted by Crippen LogP contribution is -2.62. The highest BCUT2D eigenvalue weighted by molar-refractivity contribution is 9.10. The van der Waals surface area contributed by atoms with Crippen LogP contribution in [0.15, 0.2) is 22.7 Å². The first-order valence-electron chi connectivity index (χ1n) is 10.5. The van der Waals surface area contributed by atoms with Gasteiger partial charge in [0.1, 0.15) is 5.75 Å². The number of carbonyl (C=O) groups excluding carboxylic acids is 1. The highest BCUT2D eigenvalue weighted by Crippen LogP contribution is 2.31. The van der Waals surface area contributed by atoms with Gasteiger partial charge in [-0.25, -0.2) is 4.79 Å². The maximum atomic E-state index is 12.3. The second-order valence-electron chi connectivity index (χ2n) is 10.5. The predicted octanol–water partition coefficient (Wildman–Crippen LogP) is 5.12. The zero-order chi connectivity index (χ0) is 21.9. The number of carbonyl (C=O) groups is 1. The van der Waals surface area contributed by atoms with Crippen molar-refractivity contribution in [3.05, 3.63) is 28.2 Å². The second kappa shape index (κ2) is 9.25. The number of urea groups is 1. The first-order chi connectivity index (χ1) is 13.3. The molecule has 0 saturated carbocycles. The van der Waals surface area contributed by atoms with Gasteiger partial charge in [0.05, 0.1) is 11.1 Å². The average molecular weight is 468 g/mol. The van der Waals surface area contributed by atoms with Gasteiger partial charge in [0.15, 0.2) is 0 Å². The summed E-state index contributed by atoms with van der Waals surface area (Å²) in [6.45, 7) is 16.5. The van der Waals surface area contributed by atoms with E-state index in [0.717, 1.165) is 29.5 Å². The van der Waals surface area contributed by atoms with Gasteiger partial charge in [-0.15, -0.1) is 0 Å². The molecule has 1 aromatic carbocycles. The molecule has 1 aliphatic rings. The molecule has 1 aliphatic heterocycles. The number of nitrogens with one attached hydrogen (secondary N) is 3. The lowest BCUT2D eigenvalue weighted by Gasteiger charge is -2.46. The molecule has 0 unspecified atom stereocenters. The van der Waals surface area contributed by atoms with Crippen molar-refractivity contribution in [3.63, 3.8) is 0 Å². The Morgan fingerprint density at radius 3 is 2.38 bits per heavy atom. The monoisotopic (exact) mass is 467 g/mol. The number of hydrogen-bond donors (Lipinski definition) is 3. The topological polar surface area (TPSA) is 62.4 Å². The van der Waals surface area contributed by atoms with Crippen molar-refractivity contribution in [2.75, 3.05) is 13.2 Å². The Labute approximate surface area is 184 Å². The summed E-state index contributed by atoms with van der Waals surface area (Å²) < 4.78 is 6.83. The van der Waals surface area contributed by atoms with Crippen LogP contribution in [-0.2, 0) is 5.41 Å². The standard InChI is InChI=1S/C23H38BrN3O2/c1-21(2,3)16-9-10-19(18(24)13-16)29-12-8-11-25-20(28)26-17-14-22(4,5)27-23(6,7)15-17/h9-10,13,17,27H,8,11-12,14-15H2,1-7H3,(H2,25,26,28). The van der Waals surface area contributed by atoms with E-state index in [4.69, 9.17) is 4.74 Å². The Balaban J connectivity index is 1.71. The Morgan fingerprint density at radius 1 is 1.21 bits per heavy atom. The molecular formula is C23H38BrN3O2. The van der Waals surface area contributed by atoms with Crippen molar-refractivity contribution < 1.29 is 9.53 Å². The van der Waals surface area contributed by atoms with E-state index < -0.39 is 0 Å². The first-order valence-corrected chi connectivity index (χ1v) is 11.3. The first kappa shape index (κ1) is 24.0. The van der Waals surface area contributed by atoms with Gasteiger partial charge in [0.25, 0.3) is 0 Å². The van der Waals surface area contributed by atoms with Gasteiger partial charge < -0.3 is 20.7 Å². The van der Waals surface area contributed by atoms with Crippen molar-refractivity contribution in [1.29, 1.82) is 0 Å². The normalized spacial score (nSPS) is 18.9. The molecule has 1 aromatic rings. The van der Waals surface area contributed by atoms with Crippen LogP contribution in [0.25, 0.3) is 0 Å². The van der Waals surface area contributed by atoms with E-state index >= 15 is 0 Å². The summed E-state index contributed by atoms with van der Waals surface area (Å²) in [6.07, 6.45) is 2.60. The second-order valence-corrected chi connectivity index (χ2v) is 11.3. The Kier molecular flexibility index (Phi) is 7.66. The van der Waals surface area contributed by atoms with Crippen LogP contribution < -0.4 is 20.7 Å². The zero-order valence-corrected chi connectivity index (χ0v) is 20.6. The summed E-state index contributed by atoms with van der Waals surface area (Å²) >= 11 is 3.60. The molecule has 0 bridgehead atoms. The molecule has 2 amide bonds. The Hall–Kier alpha value is -1.27. The third-order valence-corrected chi connectivity index (χ3v) is 5.81. The summed E-state index contributed by atoms with van der Waals surface area (Å²) in [4.78, 5) is 12.3. The third-order valence-electron chi connectivity index (χ3n) is 5.19. The summed E-state index contributed by atoms with van der Waals surface area (Å²) in [7, 11) is 0. The minimum atomic E-state index is -0.0980. The fourth-order valence-corrected chi connectivity index (χ4v) is 4.69. The fraction of sp³-hybridized carbons (Fsp3) is 0.696. The van der Waals surface area contributed by atoms with Crippen LogP contribution in [0.2, 0.25) is 0 Å². The van der Waals surface area contributed by atoms with Gasteiger partial charge in [-0.05, 0) is 86.0 Å². The minimum absolute atomic E-state index is 0.0173. The van der Waals surface area contributed by atoms with Crippen LogP contribution in [0, 0.1) is 0 Å². The van der Waals surface area contributed by atoms with Crippen LogP contribution in [0.1, 0.15) is 73.3 Å². The molecule has 29 heavy (non-hydrogen) atoms. The largest absolute Gasteiger partial charge is 0.492 e. The number of benzene rings is 1. The Bertz CT molecular complexity index is 695. The number of rotatable bonds is 6. The van der Waals surface area contributed by atoms with E-state index in [0.29, 0.717) is 13.2 Å². The maximum absolute atomic E-state index is 12.3. The molecule has 0 atom stereocenters. The molecule has 0 aromatic heterocycles. The molecule has 1 heterocycles. The number of piperidine rings is 1. The van der Waals surface area contributed by atoms with Crippen LogP contribution in [0.5, 0.6) is 5.75 Å². The summed E-state index contributed by atoms with van der Waals surface area (Å²) in [6, 6.07) is 6.30. The molecule has 0 aliphatic carbocycles. The highest BCUT2D eigenvalue weighted by atomic mass is 79.9. The lowest BCUT2D eigenvalue weighted by molar-refractivity contribution is 0.147. The smallest absolute Gasteiger partial charge is 0.315 e. The molecule has 6 heteroatoms. The molecule has 5 nitrogen and oxygen atoms in total. The maximum Gasteiger partial charge on any atom is 0.315 e. The van der Waals surface area contributed by atoms with E-state index in [1.807, 2.05) is 6.07 Å². The highest BCUT2D eigenvalue weighted by Gasteiger charge is 2.38. The minimum Gasteiger partial charge on any atom is -0.492 e.